The number of nitrogens with zero attached hydrogens (tertiary/aromatic N) is 8. The van der Waals surface area contributed by atoms with Crippen molar-refractivity contribution in [3.8, 4) is 28.7 Å². The normalized spacial score (nSPS) is 14.4. The van der Waals surface area contributed by atoms with Gasteiger partial charge in [0, 0.05) is 18.0 Å². The number of tetrazole rings is 1. The van der Waals surface area contributed by atoms with Crippen molar-refractivity contribution in [3.63, 3.8) is 0 Å². The molecule has 1 aliphatic heterocycles. The van der Waals surface area contributed by atoms with E-state index < -0.39 is 12.7 Å². The monoisotopic (exact) mass is 579 g/mol. The van der Waals surface area contributed by atoms with Crippen molar-refractivity contribution >= 4 is 11.6 Å². The zero-order valence-electron chi connectivity index (χ0n) is 22.8. The van der Waals surface area contributed by atoms with Crippen LogP contribution in [0.4, 0.5) is 24.8 Å². The fraction of sp³-hybridized carbons (Fsp3) is 0.357. The molecule has 1 N–H and O–H groups in total. The maximum Gasteiger partial charge on any atom is 0.401 e. The molecule has 2 aromatic carbocycles. The van der Waals surface area contributed by atoms with Gasteiger partial charge >= 0.3 is 6.18 Å². The molecule has 218 valence electrons. The van der Waals surface area contributed by atoms with Gasteiger partial charge in [0.1, 0.15) is 30.5 Å². The van der Waals surface area contributed by atoms with E-state index in [1.165, 1.54) is 15.9 Å². The van der Waals surface area contributed by atoms with Gasteiger partial charge in [-0.15, -0.1) is 5.10 Å². The van der Waals surface area contributed by atoms with E-state index in [1.807, 2.05) is 18.2 Å². The Hall–Kier alpha value is -4.77. The lowest BCUT2D eigenvalue weighted by molar-refractivity contribution is -0.147. The Kier molecular flexibility index (Phi) is 8.77. The van der Waals surface area contributed by atoms with Gasteiger partial charge in [-0.3, -0.25) is 4.90 Å². The molecule has 1 aliphatic rings. The Morgan fingerprint density at radius 1 is 1.05 bits per heavy atom. The van der Waals surface area contributed by atoms with Crippen LogP contribution >= 0.6 is 0 Å². The van der Waals surface area contributed by atoms with Crippen LogP contribution in [0.5, 0.6) is 11.5 Å². The van der Waals surface area contributed by atoms with E-state index >= 15 is 0 Å². The van der Waals surface area contributed by atoms with Gasteiger partial charge in [0.05, 0.1) is 31.5 Å². The summed E-state index contributed by atoms with van der Waals surface area (Å²) >= 11 is 0. The average Bonchev–Trinajstić information content (AvgIpc) is 3.51. The average molecular weight is 580 g/mol. The molecule has 1 fully saturated rings. The Labute approximate surface area is 239 Å². The number of nitriles is 1. The summed E-state index contributed by atoms with van der Waals surface area (Å²) in [6.45, 7) is 0.645. The lowest BCUT2D eigenvalue weighted by Crippen LogP contribution is -2.39. The standard InChI is InChI=1S/C28H28F3N9O2/c1-41-26-13-20(19-6-8-39(9-7-19)17-28(29,30)31)4-5-24(26)36-27-33-15-23(16-34-27)21-2-3-22(14-32)25(12-21)42-11-10-40-18-35-37-38-40/h2-5,12-13,15-16,18-19H,6-11,17H2,1H3,(H,33,34,36). The fourth-order valence-electron chi connectivity index (χ4n) is 4.85. The maximum absolute atomic E-state index is 12.7. The summed E-state index contributed by atoms with van der Waals surface area (Å²) in [5, 5.41) is 23.6. The molecular formula is C28H28F3N9O2. The van der Waals surface area contributed by atoms with Crippen LogP contribution < -0.4 is 14.8 Å². The summed E-state index contributed by atoms with van der Waals surface area (Å²) in [5.74, 6) is 1.54. The van der Waals surface area contributed by atoms with Gasteiger partial charge in [-0.25, -0.2) is 14.6 Å². The Morgan fingerprint density at radius 3 is 2.50 bits per heavy atom. The highest BCUT2D eigenvalue weighted by Gasteiger charge is 2.32. The Bertz CT molecular complexity index is 1520. The van der Waals surface area contributed by atoms with Crippen LogP contribution in [0.2, 0.25) is 0 Å². The molecule has 0 atom stereocenters. The number of alkyl halides is 3. The number of halogens is 3. The maximum atomic E-state index is 12.7. The number of hydrogen-bond donors (Lipinski definition) is 1. The van der Waals surface area contributed by atoms with Crippen LogP contribution in [-0.4, -0.2) is 74.6 Å². The van der Waals surface area contributed by atoms with Gasteiger partial charge in [-0.1, -0.05) is 12.1 Å². The minimum Gasteiger partial charge on any atom is -0.495 e. The van der Waals surface area contributed by atoms with E-state index in [-0.39, 0.29) is 12.5 Å². The molecule has 0 radical (unpaired) electrons. The van der Waals surface area contributed by atoms with Crippen LogP contribution in [0.1, 0.15) is 29.9 Å². The third-order valence-electron chi connectivity index (χ3n) is 6.99. The van der Waals surface area contributed by atoms with Gasteiger partial charge in [0.2, 0.25) is 5.95 Å². The third kappa shape index (κ3) is 7.29. The number of nitrogens with one attached hydrogen (secondary N) is 1. The first-order valence-electron chi connectivity index (χ1n) is 13.3. The summed E-state index contributed by atoms with van der Waals surface area (Å²) in [7, 11) is 1.56. The van der Waals surface area contributed by atoms with Crippen LogP contribution in [0.25, 0.3) is 11.1 Å². The van der Waals surface area contributed by atoms with Crippen LogP contribution in [0.3, 0.4) is 0 Å². The SMILES string of the molecule is COc1cc(C2CCN(CC(F)(F)F)CC2)ccc1Nc1ncc(-c2ccc(C#N)c(OCCn3cnnn3)c2)cn1. The van der Waals surface area contributed by atoms with Crippen LogP contribution in [0.15, 0.2) is 55.1 Å². The molecule has 0 unspecified atom stereocenters. The van der Waals surface area contributed by atoms with Crippen molar-refractivity contribution in [2.45, 2.75) is 31.5 Å². The van der Waals surface area contributed by atoms with Crippen LogP contribution in [0, 0.1) is 11.3 Å². The number of piperidine rings is 1. The lowest BCUT2D eigenvalue weighted by Gasteiger charge is -2.32. The molecular weight excluding hydrogens is 551 g/mol. The zero-order valence-corrected chi connectivity index (χ0v) is 22.8. The molecule has 0 bridgehead atoms. The van der Waals surface area contributed by atoms with E-state index in [0.29, 0.717) is 61.2 Å². The molecule has 5 rings (SSSR count). The highest BCUT2D eigenvalue weighted by Crippen LogP contribution is 2.35. The van der Waals surface area contributed by atoms with E-state index in [1.54, 1.807) is 37.7 Å². The van der Waals surface area contributed by atoms with Crippen molar-refractivity contribution in [2.24, 2.45) is 0 Å². The molecule has 0 saturated carbocycles. The quantitative estimate of drug-likeness (QED) is 0.285. The number of hydrogen-bond acceptors (Lipinski definition) is 10. The highest BCUT2D eigenvalue weighted by atomic mass is 19.4. The largest absolute Gasteiger partial charge is 0.495 e. The number of likely N-dealkylation sites (tertiary alicyclic amines) is 1. The van der Waals surface area contributed by atoms with Crippen molar-refractivity contribution in [2.75, 3.05) is 38.7 Å². The topological polar surface area (TPSA) is 127 Å². The second kappa shape index (κ2) is 12.8. The number of methoxy groups -OCH3 is 1. The molecule has 14 heteroatoms. The van der Waals surface area contributed by atoms with Gasteiger partial charge in [0.25, 0.3) is 0 Å². The van der Waals surface area contributed by atoms with Gasteiger partial charge in [-0.2, -0.15) is 18.4 Å². The first-order valence-corrected chi connectivity index (χ1v) is 13.3. The predicted octanol–water partition coefficient (Wildman–Crippen LogP) is 4.57. The van der Waals surface area contributed by atoms with Gasteiger partial charge in [0.15, 0.2) is 0 Å². The molecule has 0 amide bonds. The first-order chi connectivity index (χ1) is 20.3. The van der Waals surface area contributed by atoms with Gasteiger partial charge < -0.3 is 14.8 Å². The molecule has 0 spiro atoms. The Balaban J connectivity index is 1.22. The first kappa shape index (κ1) is 28.7. The number of ether oxygens (including phenoxy) is 2. The predicted molar refractivity (Wildman–Crippen MR) is 146 cm³/mol. The molecule has 0 aliphatic carbocycles. The van der Waals surface area contributed by atoms with Crippen molar-refractivity contribution in [1.82, 2.24) is 35.1 Å². The lowest BCUT2D eigenvalue weighted by atomic mass is 9.89. The number of anilines is 2. The molecule has 11 nitrogen and oxygen atoms in total. The Morgan fingerprint density at radius 2 is 1.83 bits per heavy atom. The molecule has 3 heterocycles. The summed E-state index contributed by atoms with van der Waals surface area (Å²) in [5.41, 5.74) is 3.60. The second-order valence-electron chi connectivity index (χ2n) is 9.79. The smallest absolute Gasteiger partial charge is 0.401 e. The summed E-state index contributed by atoms with van der Waals surface area (Å²) in [6.07, 6.45) is 1.93. The summed E-state index contributed by atoms with van der Waals surface area (Å²) < 4.78 is 51.1. The van der Waals surface area contributed by atoms with Crippen molar-refractivity contribution in [3.05, 3.63) is 66.2 Å². The zero-order chi connectivity index (χ0) is 29.5. The van der Waals surface area contributed by atoms with Gasteiger partial charge in [-0.05, 0) is 77.7 Å². The highest BCUT2D eigenvalue weighted by molar-refractivity contribution is 5.68. The van der Waals surface area contributed by atoms with E-state index in [4.69, 9.17) is 9.47 Å². The molecule has 2 aromatic heterocycles. The second-order valence-corrected chi connectivity index (χ2v) is 9.79. The van der Waals surface area contributed by atoms with E-state index in [9.17, 15) is 18.4 Å². The number of rotatable bonds is 10. The van der Waals surface area contributed by atoms with Crippen molar-refractivity contribution < 1.29 is 22.6 Å². The van der Waals surface area contributed by atoms with E-state index in [2.05, 4.69) is 36.9 Å². The molecule has 1 saturated heterocycles. The number of aromatic nitrogens is 6. The summed E-state index contributed by atoms with van der Waals surface area (Å²) in [4.78, 5) is 10.3. The van der Waals surface area contributed by atoms with E-state index in [0.717, 1.165) is 16.7 Å². The minimum atomic E-state index is -4.18. The third-order valence-corrected chi connectivity index (χ3v) is 6.99. The fourth-order valence-corrected chi connectivity index (χ4v) is 4.85. The number of benzene rings is 2. The molecule has 4 aromatic rings. The van der Waals surface area contributed by atoms with Crippen LogP contribution in [-0.2, 0) is 6.54 Å². The molecule has 42 heavy (non-hydrogen) atoms. The minimum absolute atomic E-state index is 0.161. The summed E-state index contributed by atoms with van der Waals surface area (Å²) in [6, 6.07) is 13.1. The van der Waals surface area contributed by atoms with Crippen molar-refractivity contribution in [1.29, 1.82) is 5.26 Å².